The van der Waals surface area contributed by atoms with Crippen LogP contribution in [0.2, 0.25) is 0 Å². The first-order chi connectivity index (χ1) is 41.7. The Morgan fingerprint density at radius 3 is 1.01 bits per heavy atom. The Morgan fingerprint density at radius 1 is 0.226 bits per heavy atom. The Labute approximate surface area is 481 Å². The lowest BCUT2D eigenvalue weighted by atomic mass is 10.0. The zero-order chi connectivity index (χ0) is 55.2. The molecule has 0 radical (unpaired) electrons. The summed E-state index contributed by atoms with van der Waals surface area (Å²) in [6, 6.07) is 98.4. The second kappa shape index (κ2) is 19.1. The van der Waals surface area contributed by atoms with Crippen molar-refractivity contribution in [2.24, 2.45) is 0 Å². The smallest absolute Gasteiger partial charge is 0.145 e. The van der Waals surface area contributed by atoms with Gasteiger partial charge in [-0.1, -0.05) is 218 Å². The predicted octanol–water partition coefficient (Wildman–Crippen LogP) is 18.9. The van der Waals surface area contributed by atoms with Crippen molar-refractivity contribution in [2.45, 2.75) is 0 Å². The summed E-state index contributed by atoms with van der Waals surface area (Å²) >= 11 is 0. The molecule has 18 aromatic rings. The van der Waals surface area contributed by atoms with Crippen molar-refractivity contribution >= 4 is 98.0 Å². The maximum Gasteiger partial charge on any atom is 0.145 e. The standard InChI is InChI=1S/2C38H24N4/c1-3-13-25(14-4-1)36-37-29-19-8-7-17-27(29)30-23-33-31(24-34(30)42(37)38(40-36)26-15-5-2-6-16-26)28-18-9-10-20-32(28)41(33)35-21-11-12-22-39-35;1-3-13-25(14-4-1)36-37-29-19-8-7-17-27(29)30-23-31-28-18-9-10-20-32(28)41(35-21-11-12-22-39-35)33(31)24-34(30)42(37)38(40-36)26-15-5-2-6-16-26/h2*1-24H. The van der Waals surface area contributed by atoms with Gasteiger partial charge in [0.2, 0.25) is 0 Å². The maximum atomic E-state index is 5.38. The highest BCUT2D eigenvalue weighted by Crippen LogP contribution is 2.45. The number of aromatic nitrogens is 8. The van der Waals surface area contributed by atoms with Gasteiger partial charge in [0, 0.05) is 77.7 Å². The Kier molecular flexibility index (Phi) is 10.8. The molecule has 0 spiro atoms. The minimum Gasteiger partial charge on any atom is -0.294 e. The van der Waals surface area contributed by atoms with Gasteiger partial charge in [-0.15, -0.1) is 0 Å². The normalized spacial score (nSPS) is 11.8. The minimum absolute atomic E-state index is 0.902. The summed E-state index contributed by atoms with van der Waals surface area (Å²) in [6.45, 7) is 0. The highest BCUT2D eigenvalue weighted by molar-refractivity contribution is 6.23. The van der Waals surface area contributed by atoms with Gasteiger partial charge in [0.15, 0.2) is 0 Å². The van der Waals surface area contributed by atoms with Crippen LogP contribution in [-0.2, 0) is 0 Å². The molecule has 10 aromatic carbocycles. The molecule has 8 nitrogen and oxygen atoms in total. The van der Waals surface area contributed by atoms with Gasteiger partial charge in [0.05, 0.1) is 55.5 Å². The Hall–Kier alpha value is -11.5. The Morgan fingerprint density at radius 2 is 0.560 bits per heavy atom. The van der Waals surface area contributed by atoms with Crippen LogP contribution in [0.15, 0.2) is 291 Å². The number of para-hydroxylation sites is 2. The van der Waals surface area contributed by atoms with Crippen molar-refractivity contribution in [3.63, 3.8) is 0 Å². The molecule has 18 rings (SSSR count). The lowest BCUT2D eigenvalue weighted by Gasteiger charge is -2.13. The molecule has 84 heavy (non-hydrogen) atoms. The molecule has 0 saturated carbocycles. The van der Waals surface area contributed by atoms with E-state index in [4.69, 9.17) is 19.9 Å². The summed E-state index contributed by atoms with van der Waals surface area (Å²) in [5, 5.41) is 12.0. The Balaban J connectivity index is 0.000000132. The van der Waals surface area contributed by atoms with E-state index in [0.717, 1.165) is 101 Å². The molecular formula is C76H48N8. The van der Waals surface area contributed by atoms with Crippen molar-refractivity contribution < 1.29 is 0 Å². The summed E-state index contributed by atoms with van der Waals surface area (Å²) in [4.78, 5) is 20.3. The number of fused-ring (bicyclic) bond motifs is 18. The molecule has 0 fully saturated rings. The number of pyridine rings is 4. The summed E-state index contributed by atoms with van der Waals surface area (Å²) in [7, 11) is 0. The third-order valence-corrected chi connectivity index (χ3v) is 16.7. The van der Waals surface area contributed by atoms with E-state index in [1.54, 1.807) is 0 Å². The highest BCUT2D eigenvalue weighted by Gasteiger charge is 2.25. The lowest BCUT2D eigenvalue weighted by molar-refractivity contribution is 1.08. The van der Waals surface area contributed by atoms with Crippen LogP contribution in [0.3, 0.4) is 0 Å². The van der Waals surface area contributed by atoms with Gasteiger partial charge in [-0.25, -0.2) is 19.9 Å². The first-order valence-corrected chi connectivity index (χ1v) is 28.4. The van der Waals surface area contributed by atoms with E-state index in [1.165, 1.54) is 53.9 Å². The molecular weight excluding hydrogens is 1020 g/mol. The molecule has 8 aromatic heterocycles. The van der Waals surface area contributed by atoms with Crippen LogP contribution < -0.4 is 0 Å². The van der Waals surface area contributed by atoms with Gasteiger partial charge >= 0.3 is 0 Å². The maximum absolute atomic E-state index is 5.38. The average Bonchev–Trinajstić information content (AvgIpc) is 1.65. The van der Waals surface area contributed by atoms with E-state index in [1.807, 2.05) is 36.7 Å². The second-order valence-corrected chi connectivity index (χ2v) is 21.3. The molecule has 0 N–H and O–H groups in total. The zero-order valence-electron chi connectivity index (χ0n) is 45.3. The monoisotopic (exact) mass is 1070 g/mol. The Bertz CT molecular complexity index is 5570. The number of hydrogen-bond donors (Lipinski definition) is 0. The minimum atomic E-state index is 0.902. The molecule has 8 heterocycles. The highest BCUT2D eigenvalue weighted by atomic mass is 15.1. The van der Waals surface area contributed by atoms with Crippen LogP contribution in [0.4, 0.5) is 0 Å². The van der Waals surface area contributed by atoms with Gasteiger partial charge in [0.1, 0.15) is 23.3 Å². The van der Waals surface area contributed by atoms with Crippen LogP contribution in [0.1, 0.15) is 0 Å². The average molecular weight is 1070 g/mol. The molecule has 0 unspecified atom stereocenters. The quantitative estimate of drug-likeness (QED) is 0.156. The fourth-order valence-electron chi connectivity index (χ4n) is 13.1. The first kappa shape index (κ1) is 47.3. The van der Waals surface area contributed by atoms with Crippen molar-refractivity contribution in [1.82, 2.24) is 37.9 Å². The topological polar surface area (TPSA) is 70.2 Å². The van der Waals surface area contributed by atoms with Crippen molar-refractivity contribution in [3.05, 3.63) is 291 Å². The molecule has 0 bridgehead atoms. The van der Waals surface area contributed by atoms with Crippen LogP contribution in [0.25, 0.3) is 155 Å². The fourth-order valence-corrected chi connectivity index (χ4v) is 13.1. The molecule has 0 atom stereocenters. The van der Waals surface area contributed by atoms with E-state index in [0.29, 0.717) is 0 Å². The van der Waals surface area contributed by atoms with Crippen LogP contribution in [-0.4, -0.2) is 37.9 Å². The van der Waals surface area contributed by atoms with Crippen molar-refractivity contribution in [1.29, 1.82) is 0 Å². The van der Waals surface area contributed by atoms with Gasteiger partial charge in [-0.2, -0.15) is 0 Å². The second-order valence-electron chi connectivity index (χ2n) is 21.3. The van der Waals surface area contributed by atoms with Gasteiger partial charge in [-0.3, -0.25) is 17.9 Å². The number of imidazole rings is 2. The van der Waals surface area contributed by atoms with E-state index >= 15 is 0 Å². The summed E-state index contributed by atoms with van der Waals surface area (Å²) in [5.74, 6) is 3.68. The van der Waals surface area contributed by atoms with E-state index < -0.39 is 0 Å². The predicted molar refractivity (Wildman–Crippen MR) is 346 cm³/mol. The molecule has 0 saturated heterocycles. The van der Waals surface area contributed by atoms with Gasteiger partial charge in [0.25, 0.3) is 0 Å². The third kappa shape index (κ3) is 7.27. The van der Waals surface area contributed by atoms with Crippen molar-refractivity contribution in [3.8, 4) is 56.9 Å². The summed E-state index contributed by atoms with van der Waals surface area (Å²) < 4.78 is 9.31. The van der Waals surface area contributed by atoms with E-state index in [-0.39, 0.29) is 0 Å². The molecule has 392 valence electrons. The van der Waals surface area contributed by atoms with Crippen LogP contribution >= 0.6 is 0 Å². The largest absolute Gasteiger partial charge is 0.294 e. The van der Waals surface area contributed by atoms with Gasteiger partial charge < -0.3 is 0 Å². The molecule has 0 aliphatic rings. The third-order valence-electron chi connectivity index (χ3n) is 16.7. The zero-order valence-corrected chi connectivity index (χ0v) is 45.3. The summed E-state index contributed by atoms with van der Waals surface area (Å²) in [6.07, 6.45) is 3.72. The van der Waals surface area contributed by atoms with E-state index in [9.17, 15) is 0 Å². The molecule has 8 heteroatoms. The SMILES string of the molecule is c1ccc(-c2nc(-c3ccccc3)n3c4cc5c(cc4c4ccccc4c23)c2ccccc2n5-c2ccccn2)cc1.c1ccc(-c2nc(-c3ccccc3)n3c4cc5c6ccccc6n(-c6ccccn6)c5cc4c4ccccc4c23)cc1. The molecule has 0 aliphatic carbocycles. The summed E-state index contributed by atoms with van der Waals surface area (Å²) in [5.41, 5.74) is 15.4. The fraction of sp³-hybridized carbons (Fsp3) is 0. The van der Waals surface area contributed by atoms with Crippen molar-refractivity contribution in [2.75, 3.05) is 0 Å². The molecule has 0 amide bonds. The molecule has 0 aliphatic heterocycles. The van der Waals surface area contributed by atoms with Crippen LogP contribution in [0, 0.1) is 0 Å². The van der Waals surface area contributed by atoms with E-state index in [2.05, 4.69) is 273 Å². The van der Waals surface area contributed by atoms with Crippen LogP contribution in [0.5, 0.6) is 0 Å². The number of rotatable bonds is 6. The first-order valence-electron chi connectivity index (χ1n) is 28.4. The number of benzene rings is 10. The number of hydrogen-bond acceptors (Lipinski definition) is 4. The van der Waals surface area contributed by atoms with Gasteiger partial charge in [-0.05, 0) is 71.4 Å². The lowest BCUT2D eigenvalue weighted by Crippen LogP contribution is -1.98. The number of nitrogens with zero attached hydrogens (tertiary/aromatic N) is 8.